The van der Waals surface area contributed by atoms with Gasteiger partial charge in [-0.25, -0.2) is 13.8 Å². The Bertz CT molecular complexity index is 1340. The molecule has 5 N–H and O–H groups in total. The molecule has 186 valence electrons. The van der Waals surface area contributed by atoms with E-state index in [0.717, 1.165) is 6.08 Å². The van der Waals surface area contributed by atoms with Crippen LogP contribution in [0.15, 0.2) is 72.1 Å². The minimum Gasteiger partial charge on any atom is -0.403 e. The minimum absolute atomic E-state index is 0.0247. The molecule has 0 spiro atoms. The molecule has 0 aliphatic rings. The summed E-state index contributed by atoms with van der Waals surface area (Å²) in [5.74, 6) is -1.19. The van der Waals surface area contributed by atoms with Crippen molar-refractivity contribution in [2.75, 3.05) is 42.0 Å². The Balaban J connectivity index is 2.12. The van der Waals surface area contributed by atoms with Crippen molar-refractivity contribution in [2.24, 2.45) is 10.7 Å². The van der Waals surface area contributed by atoms with Gasteiger partial charge in [-0.1, -0.05) is 6.58 Å². The normalized spacial score (nSPS) is 11.3. The van der Waals surface area contributed by atoms with Crippen LogP contribution in [0.1, 0.15) is 0 Å². The number of halogens is 2. The summed E-state index contributed by atoms with van der Waals surface area (Å²) in [5, 5.41) is 8.43. The molecule has 1 heterocycles. The Hall–Kier alpha value is -4.80. The third-order valence-corrected chi connectivity index (χ3v) is 4.87. The molecule has 2 aromatic carbocycles. The van der Waals surface area contributed by atoms with E-state index in [1.165, 1.54) is 48.9 Å². The van der Waals surface area contributed by atoms with Crippen LogP contribution >= 0.6 is 0 Å². The highest BCUT2D eigenvalue weighted by Gasteiger charge is 2.15. The average molecular weight is 493 g/mol. The van der Waals surface area contributed by atoms with E-state index < -0.39 is 17.5 Å². The highest BCUT2D eigenvalue weighted by atomic mass is 19.1. The van der Waals surface area contributed by atoms with Gasteiger partial charge >= 0.3 is 0 Å². The standard InChI is InChI=1S/C25H26F2N8O/c1-5-23(36)31-17-6-7-21(27)22(11-17)33-24-20(15-8-16(26)10-19(9-15)35(3)4)14-30-25(34-24)32-18(12-28)13-29-2/h5-14H,1,28H2,2-4H3,(H,31,36)(H2,30,32,33,34)/b18-12+,29-13?. The van der Waals surface area contributed by atoms with E-state index >= 15 is 0 Å². The first kappa shape index (κ1) is 25.8. The van der Waals surface area contributed by atoms with Crippen molar-refractivity contribution < 1.29 is 13.6 Å². The average Bonchev–Trinajstić information content (AvgIpc) is 2.85. The van der Waals surface area contributed by atoms with Crippen molar-refractivity contribution in [2.45, 2.75) is 0 Å². The number of allylic oxidation sites excluding steroid dienone is 1. The van der Waals surface area contributed by atoms with Crippen LogP contribution in [0.4, 0.5) is 37.6 Å². The van der Waals surface area contributed by atoms with Crippen LogP contribution in [0, 0.1) is 11.6 Å². The molecule has 3 rings (SSSR count). The molecule has 0 radical (unpaired) electrons. The van der Waals surface area contributed by atoms with Gasteiger partial charge in [0.25, 0.3) is 0 Å². The third-order valence-electron chi connectivity index (χ3n) is 4.87. The lowest BCUT2D eigenvalue weighted by Gasteiger charge is -2.17. The van der Waals surface area contributed by atoms with E-state index in [9.17, 15) is 13.6 Å². The first-order valence-corrected chi connectivity index (χ1v) is 10.7. The zero-order chi connectivity index (χ0) is 26.2. The lowest BCUT2D eigenvalue weighted by Crippen LogP contribution is -2.11. The van der Waals surface area contributed by atoms with Crippen LogP contribution in [0.3, 0.4) is 0 Å². The van der Waals surface area contributed by atoms with Gasteiger partial charge in [0, 0.05) is 56.7 Å². The molecule has 3 aromatic rings. The van der Waals surface area contributed by atoms with Gasteiger partial charge in [-0.2, -0.15) is 4.98 Å². The van der Waals surface area contributed by atoms with Gasteiger partial charge in [0.15, 0.2) is 0 Å². The van der Waals surface area contributed by atoms with Crippen molar-refractivity contribution >= 4 is 41.0 Å². The second-order valence-corrected chi connectivity index (χ2v) is 7.70. The molecular weight excluding hydrogens is 466 g/mol. The quantitative estimate of drug-likeness (QED) is 0.260. The third kappa shape index (κ3) is 6.41. The Kier molecular flexibility index (Phi) is 8.29. The van der Waals surface area contributed by atoms with Crippen molar-refractivity contribution in [1.29, 1.82) is 0 Å². The van der Waals surface area contributed by atoms with Crippen LogP contribution < -0.4 is 26.6 Å². The number of nitrogens with one attached hydrogen (secondary N) is 3. The molecule has 1 aromatic heterocycles. The van der Waals surface area contributed by atoms with Gasteiger partial charge in [-0.15, -0.1) is 0 Å². The fourth-order valence-electron chi connectivity index (χ4n) is 3.14. The summed E-state index contributed by atoms with van der Waals surface area (Å²) >= 11 is 0. The smallest absolute Gasteiger partial charge is 0.247 e. The van der Waals surface area contributed by atoms with Crippen LogP contribution in [-0.4, -0.2) is 43.2 Å². The zero-order valence-corrected chi connectivity index (χ0v) is 20.0. The molecule has 0 fully saturated rings. The second-order valence-electron chi connectivity index (χ2n) is 7.70. The van der Waals surface area contributed by atoms with Gasteiger partial charge in [0.1, 0.15) is 17.5 Å². The van der Waals surface area contributed by atoms with Crippen molar-refractivity contribution in [3.63, 3.8) is 0 Å². The van der Waals surface area contributed by atoms with E-state index in [1.807, 2.05) is 0 Å². The number of carbonyl (C=O) groups is 1. The van der Waals surface area contributed by atoms with Crippen molar-refractivity contribution in [3.8, 4) is 11.1 Å². The first-order valence-electron chi connectivity index (χ1n) is 10.7. The van der Waals surface area contributed by atoms with Gasteiger partial charge in [-0.05, 0) is 48.0 Å². The maximum atomic E-state index is 14.7. The number of anilines is 5. The predicted molar refractivity (Wildman–Crippen MR) is 141 cm³/mol. The summed E-state index contributed by atoms with van der Waals surface area (Å²) in [6, 6.07) is 8.49. The van der Waals surface area contributed by atoms with Gasteiger partial charge < -0.3 is 26.6 Å². The monoisotopic (exact) mass is 492 g/mol. The molecule has 36 heavy (non-hydrogen) atoms. The van der Waals surface area contributed by atoms with Gasteiger partial charge in [0.2, 0.25) is 11.9 Å². The van der Waals surface area contributed by atoms with E-state index in [1.54, 1.807) is 32.1 Å². The number of nitrogens with zero attached hydrogens (tertiary/aromatic N) is 4. The number of rotatable bonds is 9. The first-order chi connectivity index (χ1) is 17.2. The largest absolute Gasteiger partial charge is 0.403 e. The number of aromatic nitrogens is 2. The molecule has 0 saturated heterocycles. The van der Waals surface area contributed by atoms with E-state index in [4.69, 9.17) is 5.73 Å². The highest BCUT2D eigenvalue weighted by molar-refractivity contribution is 5.99. The lowest BCUT2D eigenvalue weighted by atomic mass is 10.1. The number of nitrogens with two attached hydrogens (primary N) is 1. The number of carbonyl (C=O) groups excluding carboxylic acids is 1. The number of amides is 1. The molecule has 0 saturated carbocycles. The number of benzene rings is 2. The van der Waals surface area contributed by atoms with Crippen LogP contribution in [0.25, 0.3) is 11.1 Å². The Morgan fingerprint density at radius 3 is 2.61 bits per heavy atom. The number of hydrogen-bond donors (Lipinski definition) is 4. The summed E-state index contributed by atoms with van der Waals surface area (Å²) in [6.07, 6.45) is 5.35. The Labute approximate surface area is 207 Å². The minimum atomic E-state index is -0.598. The van der Waals surface area contributed by atoms with Crippen LogP contribution in [-0.2, 0) is 4.79 Å². The molecule has 9 nitrogen and oxygen atoms in total. The fraction of sp³-hybridized carbons (Fsp3) is 0.120. The van der Waals surface area contributed by atoms with E-state index in [-0.39, 0.29) is 17.5 Å². The van der Waals surface area contributed by atoms with Crippen molar-refractivity contribution in [3.05, 3.63) is 78.8 Å². The number of aliphatic imine (C=N–C) groups is 1. The van der Waals surface area contributed by atoms with E-state index in [0.29, 0.717) is 28.2 Å². The maximum Gasteiger partial charge on any atom is 0.247 e. The molecule has 0 atom stereocenters. The topological polar surface area (TPSA) is 121 Å². The zero-order valence-electron chi connectivity index (χ0n) is 20.0. The second kappa shape index (κ2) is 11.6. The Morgan fingerprint density at radius 2 is 1.94 bits per heavy atom. The fourth-order valence-corrected chi connectivity index (χ4v) is 3.14. The summed E-state index contributed by atoms with van der Waals surface area (Å²) in [6.45, 7) is 3.41. The highest BCUT2D eigenvalue weighted by Crippen LogP contribution is 2.33. The Morgan fingerprint density at radius 1 is 1.17 bits per heavy atom. The number of hydrogen-bond acceptors (Lipinski definition) is 8. The lowest BCUT2D eigenvalue weighted by molar-refractivity contribution is -0.111. The SMILES string of the molecule is C=CC(=O)Nc1ccc(F)c(Nc2nc(N/C(C=NC)=C/N)ncc2-c2cc(F)cc(N(C)C)c2)c1. The molecule has 0 aliphatic carbocycles. The predicted octanol–water partition coefficient (Wildman–Crippen LogP) is 4.27. The molecule has 0 unspecified atom stereocenters. The van der Waals surface area contributed by atoms with Crippen LogP contribution in [0.5, 0.6) is 0 Å². The van der Waals surface area contributed by atoms with Gasteiger partial charge in [-0.3, -0.25) is 9.79 Å². The summed E-state index contributed by atoms with van der Waals surface area (Å²) in [7, 11) is 5.15. The molecule has 11 heteroatoms. The molecular formula is C25H26F2N8O. The molecule has 0 bridgehead atoms. The molecule has 1 amide bonds. The maximum absolute atomic E-state index is 14.7. The molecule has 0 aliphatic heterocycles. The van der Waals surface area contributed by atoms with Gasteiger partial charge in [0.05, 0.1) is 11.4 Å². The summed E-state index contributed by atoms with van der Waals surface area (Å²) in [5.41, 5.74) is 7.90. The van der Waals surface area contributed by atoms with E-state index in [2.05, 4.69) is 37.5 Å². The summed E-state index contributed by atoms with van der Waals surface area (Å²) in [4.78, 5) is 26.1. The van der Waals surface area contributed by atoms with Crippen LogP contribution in [0.2, 0.25) is 0 Å². The van der Waals surface area contributed by atoms with Crippen molar-refractivity contribution in [1.82, 2.24) is 9.97 Å². The summed E-state index contributed by atoms with van der Waals surface area (Å²) < 4.78 is 29.2.